The van der Waals surface area contributed by atoms with Gasteiger partial charge in [-0.05, 0) is 19.1 Å². The number of ether oxygens (including phenoxy) is 1. The van der Waals surface area contributed by atoms with Crippen LogP contribution in [-0.4, -0.2) is 23.3 Å². The van der Waals surface area contributed by atoms with Crippen molar-refractivity contribution >= 4 is 12.2 Å². The van der Waals surface area contributed by atoms with E-state index in [2.05, 4.69) is 22.7 Å². The Morgan fingerprint density at radius 3 is 2.64 bits per heavy atom. The summed E-state index contributed by atoms with van der Waals surface area (Å²) in [6.07, 6.45) is 3.54. The third-order valence-electron chi connectivity index (χ3n) is 2.13. The molecule has 0 saturated carbocycles. The zero-order valence-corrected chi connectivity index (χ0v) is 8.79. The molecule has 0 aliphatic heterocycles. The van der Waals surface area contributed by atoms with Gasteiger partial charge in [-0.3, -0.25) is 0 Å². The van der Waals surface area contributed by atoms with Gasteiger partial charge >= 0.3 is 0 Å². The molecule has 1 rings (SSSR count). The number of aryl methyl sites for hydroxylation is 1. The monoisotopic (exact) mass is 192 g/mol. The van der Waals surface area contributed by atoms with Crippen molar-refractivity contribution in [2.75, 3.05) is 13.7 Å². The van der Waals surface area contributed by atoms with E-state index in [0.717, 1.165) is 23.8 Å². The minimum absolute atomic E-state index is 0.675. The summed E-state index contributed by atoms with van der Waals surface area (Å²) in [7, 11) is 1.69. The van der Waals surface area contributed by atoms with E-state index in [1.807, 2.05) is 6.92 Å². The first kappa shape index (κ1) is 10.7. The third kappa shape index (κ3) is 1.93. The van der Waals surface area contributed by atoms with Crippen molar-refractivity contribution in [2.45, 2.75) is 13.5 Å². The van der Waals surface area contributed by atoms with Gasteiger partial charge in [0.1, 0.15) is 5.82 Å². The maximum absolute atomic E-state index is 5.03. The summed E-state index contributed by atoms with van der Waals surface area (Å²) in [4.78, 5) is 4.37. The number of methoxy groups -OCH3 is 1. The Bertz CT molecular complexity index is 339. The third-order valence-corrected chi connectivity index (χ3v) is 2.13. The zero-order chi connectivity index (χ0) is 10.6. The van der Waals surface area contributed by atoms with Crippen LogP contribution in [0.5, 0.6) is 0 Å². The molecular formula is C11H16N2O. The summed E-state index contributed by atoms with van der Waals surface area (Å²) in [5.41, 5.74) is 1.89. The van der Waals surface area contributed by atoms with E-state index in [1.165, 1.54) is 0 Å². The lowest BCUT2D eigenvalue weighted by Crippen LogP contribution is -2.07. The summed E-state index contributed by atoms with van der Waals surface area (Å²) in [5, 5.41) is 0. The van der Waals surface area contributed by atoms with Crippen LogP contribution in [0.15, 0.2) is 13.2 Å². The maximum atomic E-state index is 5.03. The van der Waals surface area contributed by atoms with Crippen molar-refractivity contribution in [2.24, 2.45) is 0 Å². The van der Waals surface area contributed by atoms with Crippen LogP contribution in [0.25, 0.3) is 12.2 Å². The number of rotatable bonds is 5. The van der Waals surface area contributed by atoms with E-state index < -0.39 is 0 Å². The topological polar surface area (TPSA) is 27.1 Å². The molecule has 0 aliphatic rings. The van der Waals surface area contributed by atoms with Crippen LogP contribution >= 0.6 is 0 Å². The molecule has 0 bridgehead atoms. The Morgan fingerprint density at radius 1 is 1.43 bits per heavy atom. The fourth-order valence-electron chi connectivity index (χ4n) is 1.43. The predicted octanol–water partition coefficient (Wildman–Crippen LogP) is 2.12. The van der Waals surface area contributed by atoms with Gasteiger partial charge in [-0.1, -0.05) is 13.2 Å². The summed E-state index contributed by atoms with van der Waals surface area (Å²) in [6, 6.07) is 0. The fourth-order valence-corrected chi connectivity index (χ4v) is 1.43. The largest absolute Gasteiger partial charge is 0.383 e. The van der Waals surface area contributed by atoms with Crippen molar-refractivity contribution in [1.82, 2.24) is 9.55 Å². The van der Waals surface area contributed by atoms with Gasteiger partial charge in [0.25, 0.3) is 0 Å². The summed E-state index contributed by atoms with van der Waals surface area (Å²) < 4.78 is 7.11. The van der Waals surface area contributed by atoms with Crippen LogP contribution in [0.4, 0.5) is 0 Å². The smallest absolute Gasteiger partial charge is 0.106 e. The highest BCUT2D eigenvalue weighted by Gasteiger charge is 2.08. The predicted molar refractivity (Wildman–Crippen MR) is 59.0 cm³/mol. The minimum atomic E-state index is 0.675. The second kappa shape index (κ2) is 4.77. The van der Waals surface area contributed by atoms with Gasteiger partial charge in [0.15, 0.2) is 0 Å². The highest BCUT2D eigenvalue weighted by Crippen LogP contribution is 2.14. The average molecular weight is 192 g/mol. The molecule has 0 spiro atoms. The molecule has 0 radical (unpaired) electrons. The van der Waals surface area contributed by atoms with Crippen molar-refractivity contribution < 1.29 is 4.74 Å². The number of nitrogens with zero attached hydrogens (tertiary/aromatic N) is 2. The van der Waals surface area contributed by atoms with Crippen molar-refractivity contribution in [3.63, 3.8) is 0 Å². The molecule has 1 heterocycles. The second-order valence-electron chi connectivity index (χ2n) is 2.98. The molecule has 0 aliphatic carbocycles. The molecule has 1 aromatic heterocycles. The second-order valence-corrected chi connectivity index (χ2v) is 2.98. The van der Waals surface area contributed by atoms with Crippen LogP contribution in [0.1, 0.15) is 17.2 Å². The molecule has 3 nitrogen and oxygen atoms in total. The normalized spacial score (nSPS) is 10.1. The lowest BCUT2D eigenvalue weighted by atomic mass is 10.3. The number of hydrogen-bond acceptors (Lipinski definition) is 2. The van der Waals surface area contributed by atoms with E-state index in [9.17, 15) is 0 Å². The highest BCUT2D eigenvalue weighted by atomic mass is 16.5. The molecule has 0 amide bonds. The first-order valence-corrected chi connectivity index (χ1v) is 4.55. The first-order valence-electron chi connectivity index (χ1n) is 4.55. The number of hydrogen-bond donors (Lipinski definition) is 0. The molecule has 76 valence electrons. The van der Waals surface area contributed by atoms with Gasteiger partial charge in [-0.15, -0.1) is 0 Å². The maximum Gasteiger partial charge on any atom is 0.106 e. The van der Waals surface area contributed by atoms with E-state index in [1.54, 1.807) is 19.3 Å². The Kier molecular flexibility index (Phi) is 3.65. The molecule has 0 N–H and O–H groups in total. The van der Waals surface area contributed by atoms with Gasteiger partial charge in [-0.25, -0.2) is 4.98 Å². The van der Waals surface area contributed by atoms with Crippen LogP contribution in [-0.2, 0) is 11.3 Å². The van der Waals surface area contributed by atoms with Gasteiger partial charge < -0.3 is 9.30 Å². The van der Waals surface area contributed by atoms with Gasteiger partial charge in [0.2, 0.25) is 0 Å². The van der Waals surface area contributed by atoms with Crippen LogP contribution in [0.3, 0.4) is 0 Å². The van der Waals surface area contributed by atoms with Gasteiger partial charge in [0, 0.05) is 13.7 Å². The average Bonchev–Trinajstić information content (AvgIpc) is 2.51. The lowest BCUT2D eigenvalue weighted by Gasteiger charge is -2.06. The molecule has 0 saturated heterocycles. The first-order chi connectivity index (χ1) is 6.74. The van der Waals surface area contributed by atoms with Crippen molar-refractivity contribution in [3.8, 4) is 0 Å². The van der Waals surface area contributed by atoms with E-state index in [-0.39, 0.29) is 0 Å². The van der Waals surface area contributed by atoms with E-state index in [4.69, 9.17) is 4.74 Å². The quantitative estimate of drug-likeness (QED) is 0.714. The Hall–Kier alpha value is -1.35. The highest BCUT2D eigenvalue weighted by molar-refractivity contribution is 5.58. The van der Waals surface area contributed by atoms with Crippen LogP contribution < -0.4 is 0 Å². The molecule has 14 heavy (non-hydrogen) atoms. The molecule has 0 unspecified atom stereocenters. The van der Waals surface area contributed by atoms with Crippen molar-refractivity contribution in [3.05, 3.63) is 30.4 Å². The zero-order valence-electron chi connectivity index (χ0n) is 8.79. The Labute approximate surface area is 84.7 Å². The van der Waals surface area contributed by atoms with E-state index in [0.29, 0.717) is 6.61 Å². The Morgan fingerprint density at radius 2 is 2.14 bits per heavy atom. The number of imidazole rings is 1. The fraction of sp³-hybridized carbons (Fsp3) is 0.364. The van der Waals surface area contributed by atoms with Crippen LogP contribution in [0, 0.1) is 6.92 Å². The van der Waals surface area contributed by atoms with E-state index >= 15 is 0 Å². The molecule has 0 aromatic carbocycles. The molecule has 0 atom stereocenters. The van der Waals surface area contributed by atoms with Gasteiger partial charge in [0.05, 0.1) is 18.0 Å². The molecule has 3 heteroatoms. The molecular weight excluding hydrogens is 176 g/mol. The van der Waals surface area contributed by atoms with Gasteiger partial charge in [-0.2, -0.15) is 0 Å². The standard InChI is InChI=1S/C11H16N2O/c1-5-10-11(6-2)13(7-8-14-4)9(3)12-10/h5-6H,1-2,7-8H2,3-4H3. The van der Waals surface area contributed by atoms with Crippen LogP contribution in [0.2, 0.25) is 0 Å². The molecule has 0 fully saturated rings. The lowest BCUT2D eigenvalue weighted by molar-refractivity contribution is 0.186. The minimum Gasteiger partial charge on any atom is -0.383 e. The number of aromatic nitrogens is 2. The summed E-state index contributed by atoms with van der Waals surface area (Å²) in [6.45, 7) is 10.9. The SMILES string of the molecule is C=Cc1nc(C)n(CCOC)c1C=C. The summed E-state index contributed by atoms with van der Waals surface area (Å²) in [5.74, 6) is 0.965. The van der Waals surface area contributed by atoms with Crippen molar-refractivity contribution in [1.29, 1.82) is 0 Å². The summed E-state index contributed by atoms with van der Waals surface area (Å²) >= 11 is 0. The molecule has 1 aromatic rings. The Balaban J connectivity index is 3.05.